The number of rotatable bonds is 2. The van der Waals surface area contributed by atoms with Crippen molar-refractivity contribution < 1.29 is 14.6 Å². The molecular weight excluding hydrogens is 282 g/mol. The number of amidine groups is 1. The monoisotopic (exact) mass is 305 g/mol. The lowest BCUT2D eigenvalue weighted by atomic mass is 10.2. The SMILES string of the molecule is CC(C)(C)OC(=O)N1CCN=C(NCc2ccc(O)cc2)C1. The van der Waals surface area contributed by atoms with E-state index in [4.69, 9.17) is 4.74 Å². The topological polar surface area (TPSA) is 74.2 Å². The van der Waals surface area contributed by atoms with Gasteiger partial charge in [0, 0.05) is 13.1 Å². The molecule has 2 N–H and O–H groups in total. The van der Waals surface area contributed by atoms with Crippen molar-refractivity contribution in [3.63, 3.8) is 0 Å². The Labute approximate surface area is 130 Å². The minimum Gasteiger partial charge on any atom is -0.508 e. The summed E-state index contributed by atoms with van der Waals surface area (Å²) in [7, 11) is 0. The summed E-state index contributed by atoms with van der Waals surface area (Å²) in [4.78, 5) is 18.1. The minimum absolute atomic E-state index is 0.245. The van der Waals surface area contributed by atoms with Crippen LogP contribution in [-0.4, -0.2) is 47.2 Å². The molecule has 1 aromatic carbocycles. The van der Waals surface area contributed by atoms with Gasteiger partial charge in [0.15, 0.2) is 0 Å². The lowest BCUT2D eigenvalue weighted by Crippen LogP contribution is -2.47. The number of phenolic OH excluding ortho intramolecular Hbond substituents is 1. The van der Waals surface area contributed by atoms with Crippen LogP contribution < -0.4 is 5.32 Å². The zero-order valence-electron chi connectivity index (χ0n) is 13.3. The Hall–Kier alpha value is -2.24. The quantitative estimate of drug-likeness (QED) is 0.878. The highest BCUT2D eigenvalue weighted by Crippen LogP contribution is 2.12. The van der Waals surface area contributed by atoms with Crippen LogP contribution in [0.3, 0.4) is 0 Å². The van der Waals surface area contributed by atoms with Crippen molar-refractivity contribution in [3.8, 4) is 5.75 Å². The average molecular weight is 305 g/mol. The van der Waals surface area contributed by atoms with Crippen LogP contribution in [0.1, 0.15) is 26.3 Å². The van der Waals surface area contributed by atoms with Crippen LogP contribution in [0.5, 0.6) is 5.75 Å². The fraction of sp³-hybridized carbons (Fsp3) is 0.500. The van der Waals surface area contributed by atoms with Crippen molar-refractivity contribution in [2.24, 2.45) is 4.99 Å². The summed E-state index contributed by atoms with van der Waals surface area (Å²) in [5, 5.41) is 12.5. The molecular formula is C16H23N3O3. The van der Waals surface area contributed by atoms with Crippen molar-refractivity contribution in [1.29, 1.82) is 0 Å². The number of aliphatic imine (C=N–C) groups is 1. The van der Waals surface area contributed by atoms with Crippen molar-refractivity contribution >= 4 is 11.9 Å². The van der Waals surface area contributed by atoms with E-state index in [1.165, 1.54) is 0 Å². The molecule has 0 aliphatic carbocycles. The molecule has 120 valence electrons. The van der Waals surface area contributed by atoms with Gasteiger partial charge in [0.25, 0.3) is 0 Å². The fourth-order valence-corrected chi connectivity index (χ4v) is 2.03. The van der Waals surface area contributed by atoms with Gasteiger partial charge in [-0.1, -0.05) is 12.1 Å². The number of benzene rings is 1. The van der Waals surface area contributed by atoms with Gasteiger partial charge in [-0.3, -0.25) is 9.89 Å². The predicted octanol–water partition coefficient (Wildman–Crippen LogP) is 2.13. The molecule has 1 aliphatic heterocycles. The van der Waals surface area contributed by atoms with E-state index in [-0.39, 0.29) is 11.8 Å². The third-order valence-corrected chi connectivity index (χ3v) is 3.10. The molecule has 0 atom stereocenters. The molecule has 0 fully saturated rings. The Balaban J connectivity index is 1.86. The van der Waals surface area contributed by atoms with Gasteiger partial charge < -0.3 is 15.2 Å². The number of amides is 1. The molecule has 1 amide bonds. The summed E-state index contributed by atoms with van der Waals surface area (Å²) in [5.41, 5.74) is 0.542. The van der Waals surface area contributed by atoms with Crippen LogP contribution in [-0.2, 0) is 11.3 Å². The smallest absolute Gasteiger partial charge is 0.410 e. The summed E-state index contributed by atoms with van der Waals surface area (Å²) in [6.07, 6.45) is -0.314. The number of hydrogen-bond donors (Lipinski definition) is 2. The van der Waals surface area contributed by atoms with Crippen LogP contribution >= 0.6 is 0 Å². The van der Waals surface area contributed by atoms with Crippen LogP contribution in [0.4, 0.5) is 4.79 Å². The maximum absolute atomic E-state index is 12.1. The van der Waals surface area contributed by atoms with Crippen molar-refractivity contribution in [3.05, 3.63) is 29.8 Å². The zero-order valence-corrected chi connectivity index (χ0v) is 13.3. The van der Waals surface area contributed by atoms with Gasteiger partial charge >= 0.3 is 6.09 Å². The van der Waals surface area contributed by atoms with Gasteiger partial charge in [0.2, 0.25) is 0 Å². The van der Waals surface area contributed by atoms with E-state index in [2.05, 4.69) is 10.3 Å². The van der Waals surface area contributed by atoms with Gasteiger partial charge in [0.1, 0.15) is 17.2 Å². The third kappa shape index (κ3) is 4.95. The van der Waals surface area contributed by atoms with Crippen LogP contribution in [0.25, 0.3) is 0 Å². The van der Waals surface area contributed by atoms with E-state index in [0.29, 0.717) is 26.2 Å². The maximum Gasteiger partial charge on any atom is 0.410 e. The highest BCUT2D eigenvalue weighted by atomic mass is 16.6. The Morgan fingerprint density at radius 2 is 2.05 bits per heavy atom. The van der Waals surface area contributed by atoms with E-state index in [0.717, 1.165) is 11.4 Å². The number of nitrogens with zero attached hydrogens (tertiary/aromatic N) is 2. The molecule has 1 heterocycles. The molecule has 2 rings (SSSR count). The zero-order chi connectivity index (χ0) is 16.2. The number of carbonyl (C=O) groups excluding carboxylic acids is 1. The van der Waals surface area contributed by atoms with E-state index < -0.39 is 5.60 Å². The molecule has 0 saturated carbocycles. The average Bonchev–Trinajstić information content (AvgIpc) is 2.45. The molecule has 22 heavy (non-hydrogen) atoms. The van der Waals surface area contributed by atoms with Gasteiger partial charge in [-0.25, -0.2) is 4.79 Å². The Morgan fingerprint density at radius 1 is 1.36 bits per heavy atom. The molecule has 6 heteroatoms. The second kappa shape index (κ2) is 6.68. The molecule has 0 unspecified atom stereocenters. The van der Waals surface area contributed by atoms with Crippen LogP contribution in [0.15, 0.2) is 29.3 Å². The number of hydrogen-bond acceptors (Lipinski definition) is 5. The number of nitrogens with one attached hydrogen (secondary N) is 1. The molecule has 0 spiro atoms. The van der Waals surface area contributed by atoms with E-state index >= 15 is 0 Å². The lowest BCUT2D eigenvalue weighted by Gasteiger charge is -2.30. The van der Waals surface area contributed by atoms with Gasteiger partial charge in [-0.15, -0.1) is 0 Å². The summed E-state index contributed by atoms with van der Waals surface area (Å²) in [6, 6.07) is 6.98. The first kappa shape index (κ1) is 16.1. The highest BCUT2D eigenvalue weighted by Gasteiger charge is 2.24. The summed E-state index contributed by atoms with van der Waals surface area (Å²) in [5.74, 6) is 1.01. The largest absolute Gasteiger partial charge is 0.508 e. The van der Waals surface area contributed by atoms with Gasteiger partial charge in [-0.05, 0) is 38.5 Å². The first-order chi connectivity index (χ1) is 10.3. The number of ether oxygens (including phenoxy) is 1. The minimum atomic E-state index is -0.495. The number of carbonyl (C=O) groups is 1. The fourth-order valence-electron chi connectivity index (χ4n) is 2.03. The number of phenols is 1. The Bertz CT molecular complexity index is 547. The summed E-state index contributed by atoms with van der Waals surface area (Å²) >= 11 is 0. The molecule has 0 bridgehead atoms. The molecule has 0 saturated heterocycles. The molecule has 0 radical (unpaired) electrons. The third-order valence-electron chi connectivity index (χ3n) is 3.10. The molecule has 6 nitrogen and oxygen atoms in total. The normalized spacial score (nSPS) is 15.2. The molecule has 0 aromatic heterocycles. The first-order valence-corrected chi connectivity index (χ1v) is 7.36. The number of aromatic hydroxyl groups is 1. The van der Waals surface area contributed by atoms with Crippen molar-refractivity contribution in [1.82, 2.24) is 10.2 Å². The highest BCUT2D eigenvalue weighted by molar-refractivity contribution is 5.87. The second-order valence-electron chi connectivity index (χ2n) is 6.25. The van der Waals surface area contributed by atoms with Crippen LogP contribution in [0, 0.1) is 0 Å². The lowest BCUT2D eigenvalue weighted by molar-refractivity contribution is 0.0276. The van der Waals surface area contributed by atoms with Crippen LogP contribution in [0.2, 0.25) is 0 Å². The van der Waals surface area contributed by atoms with E-state index in [9.17, 15) is 9.90 Å². The van der Waals surface area contributed by atoms with Crippen molar-refractivity contribution in [2.75, 3.05) is 19.6 Å². The first-order valence-electron chi connectivity index (χ1n) is 7.36. The second-order valence-corrected chi connectivity index (χ2v) is 6.25. The van der Waals surface area contributed by atoms with Gasteiger partial charge in [-0.2, -0.15) is 0 Å². The molecule has 1 aliphatic rings. The molecule has 1 aromatic rings. The van der Waals surface area contributed by atoms with Crippen molar-refractivity contribution in [2.45, 2.75) is 32.9 Å². The Morgan fingerprint density at radius 3 is 2.68 bits per heavy atom. The van der Waals surface area contributed by atoms with E-state index in [1.807, 2.05) is 32.9 Å². The summed E-state index contributed by atoms with van der Waals surface area (Å²) in [6.45, 7) is 7.72. The maximum atomic E-state index is 12.1. The van der Waals surface area contributed by atoms with Gasteiger partial charge in [0.05, 0.1) is 13.1 Å². The Kier molecular flexibility index (Phi) is 4.90. The predicted molar refractivity (Wildman–Crippen MR) is 85.1 cm³/mol. The standard InChI is InChI=1S/C16H23N3O3/c1-16(2,3)22-15(21)19-9-8-17-14(11-19)18-10-12-4-6-13(20)7-5-12/h4-7,20H,8-11H2,1-3H3,(H,17,18). The summed E-state index contributed by atoms with van der Waals surface area (Å²) < 4.78 is 5.38. The van der Waals surface area contributed by atoms with E-state index in [1.54, 1.807) is 17.0 Å².